The van der Waals surface area contributed by atoms with Gasteiger partial charge in [-0.15, -0.1) is 0 Å². The van der Waals surface area contributed by atoms with Gasteiger partial charge < -0.3 is 9.80 Å². The Bertz CT molecular complexity index is 578. The normalized spacial score (nSPS) is 23.3. The predicted molar refractivity (Wildman–Crippen MR) is 108 cm³/mol. The lowest BCUT2D eigenvalue weighted by molar-refractivity contribution is 0.0556. The SMILES string of the molecule is CCCc1ccc(C(=O)N2CCC(CN3CCN(C)C[C@@H]3C)CC2)cc1. The maximum Gasteiger partial charge on any atom is 0.253 e. The van der Waals surface area contributed by atoms with Gasteiger partial charge in [0.2, 0.25) is 0 Å². The molecule has 1 aromatic carbocycles. The molecule has 0 unspecified atom stereocenters. The van der Waals surface area contributed by atoms with E-state index < -0.39 is 0 Å². The summed E-state index contributed by atoms with van der Waals surface area (Å²) in [6, 6.07) is 8.88. The van der Waals surface area contributed by atoms with Crippen molar-refractivity contribution < 1.29 is 4.79 Å². The molecule has 0 aromatic heterocycles. The fourth-order valence-corrected chi connectivity index (χ4v) is 4.38. The Kier molecular flexibility index (Phi) is 6.71. The van der Waals surface area contributed by atoms with Crippen molar-refractivity contribution in [3.8, 4) is 0 Å². The summed E-state index contributed by atoms with van der Waals surface area (Å²) in [7, 11) is 2.22. The van der Waals surface area contributed by atoms with Crippen LogP contribution in [0.3, 0.4) is 0 Å². The van der Waals surface area contributed by atoms with Gasteiger partial charge in [-0.3, -0.25) is 9.69 Å². The molecule has 0 bridgehead atoms. The molecule has 26 heavy (non-hydrogen) atoms. The fraction of sp³-hybridized carbons (Fsp3) is 0.682. The number of likely N-dealkylation sites (tertiary alicyclic amines) is 1. The van der Waals surface area contributed by atoms with E-state index in [1.54, 1.807) is 0 Å². The number of aryl methyl sites for hydroxylation is 1. The van der Waals surface area contributed by atoms with Gasteiger partial charge >= 0.3 is 0 Å². The van der Waals surface area contributed by atoms with Gasteiger partial charge in [-0.25, -0.2) is 0 Å². The monoisotopic (exact) mass is 357 g/mol. The minimum absolute atomic E-state index is 0.208. The lowest BCUT2D eigenvalue weighted by Crippen LogP contribution is -2.52. The highest BCUT2D eigenvalue weighted by Crippen LogP contribution is 2.22. The summed E-state index contributed by atoms with van der Waals surface area (Å²) in [6.45, 7) is 11.1. The van der Waals surface area contributed by atoms with E-state index in [9.17, 15) is 4.79 Å². The highest BCUT2D eigenvalue weighted by atomic mass is 16.2. The van der Waals surface area contributed by atoms with Crippen LogP contribution in [0.5, 0.6) is 0 Å². The van der Waals surface area contributed by atoms with Gasteiger partial charge in [-0.05, 0) is 56.8 Å². The largest absolute Gasteiger partial charge is 0.339 e. The Hall–Kier alpha value is -1.39. The molecule has 1 aromatic rings. The molecule has 1 amide bonds. The van der Waals surface area contributed by atoms with E-state index in [4.69, 9.17) is 0 Å². The van der Waals surface area contributed by atoms with Crippen LogP contribution in [0.2, 0.25) is 0 Å². The minimum Gasteiger partial charge on any atom is -0.339 e. The first-order valence-electron chi connectivity index (χ1n) is 10.4. The van der Waals surface area contributed by atoms with Crippen molar-refractivity contribution >= 4 is 5.91 Å². The standard InChI is InChI=1S/C22H35N3O/c1-4-5-19-6-8-21(9-7-19)22(26)24-12-10-20(11-13-24)17-25-15-14-23(3)16-18(25)2/h6-9,18,20H,4-5,10-17H2,1-3H3/t18-/m0/s1. The summed E-state index contributed by atoms with van der Waals surface area (Å²) in [5.41, 5.74) is 2.17. The topological polar surface area (TPSA) is 26.8 Å². The first-order chi connectivity index (χ1) is 12.6. The first kappa shape index (κ1) is 19.4. The highest BCUT2D eigenvalue weighted by Gasteiger charge is 2.28. The maximum atomic E-state index is 12.8. The average Bonchev–Trinajstić information content (AvgIpc) is 2.65. The van der Waals surface area contributed by atoms with Crippen molar-refractivity contribution in [2.45, 2.75) is 45.6 Å². The van der Waals surface area contributed by atoms with Crippen LogP contribution in [0.15, 0.2) is 24.3 Å². The molecule has 2 fully saturated rings. The molecule has 0 saturated carbocycles. The van der Waals surface area contributed by atoms with Gasteiger partial charge in [0.1, 0.15) is 0 Å². The van der Waals surface area contributed by atoms with Crippen molar-refractivity contribution in [2.24, 2.45) is 5.92 Å². The number of amides is 1. The Morgan fingerprint density at radius 3 is 2.38 bits per heavy atom. The summed E-state index contributed by atoms with van der Waals surface area (Å²) in [6.07, 6.45) is 4.51. The molecule has 0 N–H and O–H groups in total. The maximum absolute atomic E-state index is 12.8. The van der Waals surface area contributed by atoms with Crippen LogP contribution in [-0.2, 0) is 6.42 Å². The van der Waals surface area contributed by atoms with Crippen LogP contribution < -0.4 is 0 Å². The van der Waals surface area contributed by atoms with Gasteiger partial charge in [0.15, 0.2) is 0 Å². The van der Waals surface area contributed by atoms with Crippen LogP contribution in [0.25, 0.3) is 0 Å². The molecule has 2 aliphatic heterocycles. The second-order valence-corrected chi connectivity index (χ2v) is 8.29. The third-order valence-corrected chi connectivity index (χ3v) is 6.10. The van der Waals surface area contributed by atoms with E-state index in [0.29, 0.717) is 6.04 Å². The molecule has 3 rings (SSSR count). The number of rotatable bonds is 5. The van der Waals surface area contributed by atoms with E-state index in [0.717, 1.165) is 50.3 Å². The van der Waals surface area contributed by atoms with Gasteiger partial charge in [-0.1, -0.05) is 25.5 Å². The van der Waals surface area contributed by atoms with Crippen molar-refractivity contribution in [1.29, 1.82) is 0 Å². The third-order valence-electron chi connectivity index (χ3n) is 6.10. The van der Waals surface area contributed by atoms with Gasteiger partial charge in [-0.2, -0.15) is 0 Å². The Labute approximate surface area is 159 Å². The number of carbonyl (C=O) groups is 1. The zero-order chi connectivity index (χ0) is 18.5. The molecule has 2 heterocycles. The van der Waals surface area contributed by atoms with Crippen LogP contribution in [0, 0.1) is 5.92 Å². The van der Waals surface area contributed by atoms with Crippen LogP contribution >= 0.6 is 0 Å². The van der Waals surface area contributed by atoms with Crippen molar-refractivity contribution in [3.63, 3.8) is 0 Å². The highest BCUT2D eigenvalue weighted by molar-refractivity contribution is 5.94. The third kappa shape index (κ3) is 4.86. The molecule has 0 radical (unpaired) electrons. The molecule has 1 atom stereocenters. The number of piperidine rings is 1. The minimum atomic E-state index is 0.208. The predicted octanol–water partition coefficient (Wildman–Crippen LogP) is 3.13. The summed E-state index contributed by atoms with van der Waals surface area (Å²) in [5, 5.41) is 0. The van der Waals surface area contributed by atoms with Crippen LogP contribution in [-0.4, -0.2) is 73.0 Å². The molecule has 0 aliphatic carbocycles. The van der Waals surface area contributed by atoms with Gasteiger partial charge in [0, 0.05) is 50.9 Å². The van der Waals surface area contributed by atoms with E-state index in [2.05, 4.69) is 47.7 Å². The average molecular weight is 358 g/mol. The number of nitrogens with zero attached hydrogens (tertiary/aromatic N) is 3. The van der Waals surface area contributed by atoms with Crippen molar-refractivity contribution in [2.75, 3.05) is 46.3 Å². The van der Waals surface area contributed by atoms with Crippen molar-refractivity contribution in [1.82, 2.24) is 14.7 Å². The van der Waals surface area contributed by atoms with Gasteiger partial charge in [0.05, 0.1) is 0 Å². The van der Waals surface area contributed by atoms with Crippen LogP contribution in [0.4, 0.5) is 0 Å². The number of carbonyl (C=O) groups excluding carboxylic acids is 1. The molecule has 2 aliphatic rings. The van der Waals surface area contributed by atoms with Crippen molar-refractivity contribution in [3.05, 3.63) is 35.4 Å². The second kappa shape index (κ2) is 9.01. The Morgan fingerprint density at radius 1 is 1.08 bits per heavy atom. The van der Waals surface area contributed by atoms with Gasteiger partial charge in [0.25, 0.3) is 5.91 Å². The molecule has 2 saturated heterocycles. The molecule has 0 spiro atoms. The summed E-state index contributed by atoms with van der Waals surface area (Å²) in [5.74, 6) is 0.941. The molecular weight excluding hydrogens is 322 g/mol. The summed E-state index contributed by atoms with van der Waals surface area (Å²) < 4.78 is 0. The molecule has 144 valence electrons. The number of hydrogen-bond donors (Lipinski definition) is 0. The fourth-order valence-electron chi connectivity index (χ4n) is 4.38. The Balaban J connectivity index is 1.47. The lowest BCUT2D eigenvalue weighted by atomic mass is 9.94. The molecule has 4 heteroatoms. The zero-order valence-electron chi connectivity index (χ0n) is 16.8. The number of likely N-dealkylation sites (N-methyl/N-ethyl adjacent to an activating group) is 1. The number of piperazine rings is 1. The second-order valence-electron chi connectivity index (χ2n) is 8.29. The van der Waals surface area contributed by atoms with E-state index >= 15 is 0 Å². The van der Waals surface area contributed by atoms with E-state index in [1.807, 2.05) is 12.1 Å². The molecular formula is C22H35N3O. The van der Waals surface area contributed by atoms with Crippen LogP contribution in [0.1, 0.15) is 49.0 Å². The summed E-state index contributed by atoms with van der Waals surface area (Å²) in [4.78, 5) is 19.9. The lowest BCUT2D eigenvalue weighted by Gasteiger charge is -2.41. The number of hydrogen-bond acceptors (Lipinski definition) is 3. The quantitative estimate of drug-likeness (QED) is 0.810. The van der Waals surface area contributed by atoms with E-state index in [-0.39, 0.29) is 5.91 Å². The smallest absolute Gasteiger partial charge is 0.253 e. The zero-order valence-corrected chi connectivity index (χ0v) is 16.8. The van der Waals surface area contributed by atoms with E-state index in [1.165, 1.54) is 31.7 Å². The number of benzene rings is 1. The molecule has 4 nitrogen and oxygen atoms in total. The first-order valence-corrected chi connectivity index (χ1v) is 10.4. The Morgan fingerprint density at radius 2 is 1.77 bits per heavy atom. The summed E-state index contributed by atoms with van der Waals surface area (Å²) >= 11 is 0.